The lowest BCUT2D eigenvalue weighted by Crippen LogP contribution is -2.78. The van der Waals surface area contributed by atoms with Crippen LogP contribution in [0.2, 0.25) is 0 Å². The minimum absolute atomic E-state index is 0.0664. The van der Waals surface area contributed by atoms with Gasteiger partial charge in [0.25, 0.3) is 0 Å². The van der Waals surface area contributed by atoms with Crippen LogP contribution in [0.5, 0.6) is 11.5 Å². The topological polar surface area (TPSA) is 58.9 Å². The number of benzene rings is 2. The van der Waals surface area contributed by atoms with Gasteiger partial charge in [0, 0.05) is 24.0 Å². The molecule has 0 heterocycles. The van der Waals surface area contributed by atoms with E-state index >= 15 is 0 Å². The molecule has 0 amide bonds. The summed E-state index contributed by atoms with van der Waals surface area (Å²) in [5.74, 6) is 1.80. The summed E-state index contributed by atoms with van der Waals surface area (Å²) >= 11 is 0. The Morgan fingerprint density at radius 2 is 1.08 bits per heavy atom. The van der Waals surface area contributed by atoms with Crippen LogP contribution in [0.15, 0.2) is 48.5 Å². The second kappa shape index (κ2) is 6.29. The van der Waals surface area contributed by atoms with Crippen molar-refractivity contribution in [3.8, 4) is 11.5 Å². The number of rotatable bonds is 6. The van der Waals surface area contributed by atoms with Gasteiger partial charge < -0.3 is 19.7 Å². The predicted octanol–water partition coefficient (Wildman–Crippen LogP) is 2.90. The molecule has 0 bridgehead atoms. The highest BCUT2D eigenvalue weighted by atomic mass is 16.5. The Hall–Kier alpha value is -2.04. The number of ether oxygens (including phenoxy) is 2. The van der Waals surface area contributed by atoms with Gasteiger partial charge in [0.05, 0.1) is 14.2 Å². The smallest absolute Gasteiger partial charge is 0.118 e. The molecule has 2 aliphatic carbocycles. The zero-order valence-corrected chi connectivity index (χ0v) is 15.3. The SMILES string of the molecule is COc1ccc([C@]23CC[C@@]2(c2ccc(OC)cc2)[C@H](CO)[C@@H]3CO)cc1. The maximum Gasteiger partial charge on any atom is 0.118 e. The van der Waals surface area contributed by atoms with Crippen molar-refractivity contribution in [3.63, 3.8) is 0 Å². The summed E-state index contributed by atoms with van der Waals surface area (Å²) in [4.78, 5) is 0. The van der Waals surface area contributed by atoms with Crippen LogP contribution in [0, 0.1) is 11.8 Å². The molecule has 138 valence electrons. The van der Waals surface area contributed by atoms with E-state index in [4.69, 9.17) is 9.47 Å². The molecule has 4 atom stereocenters. The number of hydrogen-bond donors (Lipinski definition) is 2. The van der Waals surface area contributed by atoms with Crippen molar-refractivity contribution in [2.45, 2.75) is 23.7 Å². The van der Waals surface area contributed by atoms with Crippen molar-refractivity contribution < 1.29 is 19.7 Å². The van der Waals surface area contributed by atoms with Crippen molar-refractivity contribution in [2.75, 3.05) is 27.4 Å². The van der Waals surface area contributed by atoms with Crippen molar-refractivity contribution in [2.24, 2.45) is 11.8 Å². The number of fused-ring (bicyclic) bond motifs is 1. The summed E-state index contributed by atoms with van der Waals surface area (Å²) in [5.41, 5.74) is 2.19. The molecule has 2 saturated carbocycles. The monoisotopic (exact) mass is 354 g/mol. The van der Waals surface area contributed by atoms with E-state index in [9.17, 15) is 10.2 Å². The summed E-state index contributed by atoms with van der Waals surface area (Å²) in [7, 11) is 3.33. The van der Waals surface area contributed by atoms with Crippen molar-refractivity contribution >= 4 is 0 Å². The molecular weight excluding hydrogens is 328 g/mol. The molecule has 4 rings (SSSR count). The molecule has 4 heteroatoms. The molecule has 0 aliphatic heterocycles. The molecule has 2 N–H and O–H groups in total. The Morgan fingerprint density at radius 1 is 0.731 bits per heavy atom. The summed E-state index contributed by atoms with van der Waals surface area (Å²) < 4.78 is 10.6. The van der Waals surface area contributed by atoms with Gasteiger partial charge in [-0.3, -0.25) is 0 Å². The van der Waals surface area contributed by atoms with E-state index in [0.717, 1.165) is 24.3 Å². The molecule has 26 heavy (non-hydrogen) atoms. The van der Waals surface area contributed by atoms with Gasteiger partial charge in [-0.05, 0) is 60.1 Å². The fraction of sp³-hybridized carbons (Fsp3) is 0.455. The molecule has 2 aromatic carbocycles. The van der Waals surface area contributed by atoms with E-state index in [1.54, 1.807) is 14.2 Å². The fourth-order valence-electron chi connectivity index (χ4n) is 5.86. The molecule has 0 saturated heterocycles. The van der Waals surface area contributed by atoms with Crippen LogP contribution < -0.4 is 9.47 Å². The highest BCUT2D eigenvalue weighted by molar-refractivity contribution is 5.53. The van der Waals surface area contributed by atoms with Crippen molar-refractivity contribution in [1.82, 2.24) is 0 Å². The van der Waals surface area contributed by atoms with Crippen LogP contribution in [-0.4, -0.2) is 37.6 Å². The summed E-state index contributed by atoms with van der Waals surface area (Å²) in [6.07, 6.45) is 2.04. The molecule has 0 radical (unpaired) electrons. The zero-order chi connectivity index (χ0) is 18.4. The third-order valence-corrected chi connectivity index (χ3v) is 7.07. The molecule has 0 unspecified atom stereocenters. The molecule has 2 aliphatic rings. The molecule has 0 aromatic heterocycles. The van der Waals surface area contributed by atoms with Crippen LogP contribution >= 0.6 is 0 Å². The normalized spacial score (nSPS) is 32.2. The lowest BCUT2D eigenvalue weighted by atomic mass is 9.26. The molecule has 0 spiro atoms. The predicted molar refractivity (Wildman–Crippen MR) is 99.7 cm³/mol. The van der Waals surface area contributed by atoms with Gasteiger partial charge in [-0.25, -0.2) is 0 Å². The second-order valence-corrected chi connectivity index (χ2v) is 7.48. The summed E-state index contributed by atoms with van der Waals surface area (Å²) in [6.45, 7) is 0.185. The second-order valence-electron chi connectivity index (χ2n) is 7.48. The van der Waals surface area contributed by atoms with Gasteiger partial charge in [-0.2, -0.15) is 0 Å². The summed E-state index contributed by atoms with van der Waals surface area (Å²) in [5, 5.41) is 20.2. The first-order chi connectivity index (χ1) is 12.7. The van der Waals surface area contributed by atoms with Crippen LogP contribution in [0.25, 0.3) is 0 Å². The Morgan fingerprint density at radius 3 is 1.31 bits per heavy atom. The van der Waals surface area contributed by atoms with E-state index in [1.165, 1.54) is 11.1 Å². The molecule has 2 aromatic rings. The highest BCUT2D eigenvalue weighted by Crippen LogP contribution is 2.76. The fourth-order valence-corrected chi connectivity index (χ4v) is 5.86. The van der Waals surface area contributed by atoms with Gasteiger partial charge in [0.1, 0.15) is 11.5 Å². The zero-order valence-electron chi connectivity index (χ0n) is 15.3. The Bertz CT molecular complexity index is 702. The number of aliphatic hydroxyl groups is 2. The maximum absolute atomic E-state index is 10.1. The Kier molecular flexibility index (Phi) is 4.20. The van der Waals surface area contributed by atoms with Gasteiger partial charge in [-0.1, -0.05) is 24.3 Å². The van der Waals surface area contributed by atoms with E-state index in [0.29, 0.717) is 0 Å². The first-order valence-corrected chi connectivity index (χ1v) is 9.18. The lowest BCUT2D eigenvalue weighted by molar-refractivity contribution is -0.199. The lowest BCUT2D eigenvalue weighted by Gasteiger charge is -2.77. The van der Waals surface area contributed by atoms with E-state index in [2.05, 4.69) is 24.3 Å². The largest absolute Gasteiger partial charge is 0.497 e. The standard InChI is InChI=1S/C22H26O4/c1-25-17-7-3-15(4-8-17)21-11-12-22(21,20(14-24)19(21)13-23)16-5-9-18(26-2)10-6-16/h3-10,19-20,23-24H,11-14H2,1-2H3/t19-,20+,21-,22+. The van der Waals surface area contributed by atoms with Gasteiger partial charge in [0.15, 0.2) is 0 Å². The first-order valence-electron chi connectivity index (χ1n) is 9.18. The van der Waals surface area contributed by atoms with Crippen molar-refractivity contribution in [1.29, 1.82) is 0 Å². The average Bonchev–Trinajstić information content (AvgIpc) is 2.69. The molecular formula is C22H26O4. The molecule has 2 fully saturated rings. The van der Waals surface area contributed by atoms with Gasteiger partial charge in [0.2, 0.25) is 0 Å². The van der Waals surface area contributed by atoms with Gasteiger partial charge >= 0.3 is 0 Å². The Labute approximate surface area is 154 Å². The number of aliphatic hydroxyl groups excluding tert-OH is 2. The van der Waals surface area contributed by atoms with Crippen LogP contribution in [0.1, 0.15) is 24.0 Å². The van der Waals surface area contributed by atoms with Gasteiger partial charge in [-0.15, -0.1) is 0 Å². The third kappa shape index (κ3) is 1.97. The highest BCUT2D eigenvalue weighted by Gasteiger charge is 2.76. The van der Waals surface area contributed by atoms with E-state index in [-0.39, 0.29) is 35.9 Å². The number of hydrogen-bond acceptors (Lipinski definition) is 4. The number of methoxy groups -OCH3 is 2. The van der Waals surface area contributed by atoms with E-state index in [1.807, 2.05) is 24.3 Å². The van der Waals surface area contributed by atoms with Crippen LogP contribution in [-0.2, 0) is 10.8 Å². The maximum atomic E-state index is 10.1. The minimum Gasteiger partial charge on any atom is -0.497 e. The van der Waals surface area contributed by atoms with Crippen LogP contribution in [0.4, 0.5) is 0 Å². The Balaban J connectivity index is 1.81. The molecule has 4 nitrogen and oxygen atoms in total. The van der Waals surface area contributed by atoms with Crippen molar-refractivity contribution in [3.05, 3.63) is 59.7 Å². The first kappa shape index (κ1) is 17.4. The average molecular weight is 354 g/mol. The summed E-state index contributed by atoms with van der Waals surface area (Å²) in [6, 6.07) is 16.4. The van der Waals surface area contributed by atoms with E-state index < -0.39 is 0 Å². The quantitative estimate of drug-likeness (QED) is 0.837. The minimum atomic E-state index is -0.129. The third-order valence-electron chi connectivity index (χ3n) is 7.07. The van der Waals surface area contributed by atoms with Crippen LogP contribution in [0.3, 0.4) is 0 Å².